The first-order valence-electron chi connectivity index (χ1n) is 9.19. The van der Waals surface area contributed by atoms with Gasteiger partial charge in [0.15, 0.2) is 5.76 Å². The number of aromatic nitrogens is 1. The van der Waals surface area contributed by atoms with E-state index >= 15 is 0 Å². The molecule has 2 fully saturated rings. The molecule has 2 aromatic rings. The summed E-state index contributed by atoms with van der Waals surface area (Å²) in [5, 5.41) is 0. The third-order valence-electron chi connectivity index (χ3n) is 5.43. The lowest BCUT2D eigenvalue weighted by Gasteiger charge is -2.43. The lowest BCUT2D eigenvalue weighted by Crippen LogP contribution is -2.56. The number of furan rings is 1. The topological polar surface area (TPSA) is 64.8 Å². The molecule has 2 aromatic heterocycles. The number of morpholine rings is 1. The Morgan fingerprint density at radius 3 is 3.12 bits per heavy atom. The Morgan fingerprint density at radius 2 is 2.35 bits per heavy atom. The van der Waals surface area contributed by atoms with Gasteiger partial charge in [-0.15, -0.1) is 0 Å². The maximum absolute atomic E-state index is 12.8. The van der Waals surface area contributed by atoms with Crippen molar-refractivity contribution < 1.29 is 18.7 Å². The van der Waals surface area contributed by atoms with Gasteiger partial charge in [-0.1, -0.05) is 0 Å². The molecule has 0 radical (unpaired) electrons. The van der Waals surface area contributed by atoms with Crippen LogP contribution in [0.25, 0.3) is 0 Å². The van der Waals surface area contributed by atoms with E-state index < -0.39 is 0 Å². The van der Waals surface area contributed by atoms with Crippen LogP contribution in [0.2, 0.25) is 0 Å². The van der Waals surface area contributed by atoms with Crippen LogP contribution in [-0.4, -0.2) is 47.7 Å². The largest absolute Gasteiger partial charge is 0.492 e. The van der Waals surface area contributed by atoms with E-state index in [9.17, 15) is 4.79 Å². The number of amides is 1. The lowest BCUT2D eigenvalue weighted by molar-refractivity contribution is -0.127. The van der Waals surface area contributed by atoms with E-state index in [1.807, 2.05) is 30.0 Å². The van der Waals surface area contributed by atoms with Crippen molar-refractivity contribution in [1.82, 2.24) is 9.88 Å². The minimum atomic E-state index is -0.322. The number of ether oxygens (including phenoxy) is 2. The Labute approximate surface area is 153 Å². The van der Waals surface area contributed by atoms with E-state index in [4.69, 9.17) is 13.9 Å². The highest BCUT2D eigenvalue weighted by Gasteiger charge is 2.48. The molecule has 2 aliphatic rings. The maximum atomic E-state index is 12.8. The number of rotatable bonds is 4. The van der Waals surface area contributed by atoms with Crippen molar-refractivity contribution >= 4 is 5.91 Å². The van der Waals surface area contributed by atoms with E-state index in [0.717, 1.165) is 30.8 Å². The van der Waals surface area contributed by atoms with Gasteiger partial charge in [0.05, 0.1) is 31.6 Å². The van der Waals surface area contributed by atoms with Gasteiger partial charge in [0.25, 0.3) is 5.91 Å². The molecule has 4 rings (SSSR count). The molecule has 0 bridgehead atoms. The minimum Gasteiger partial charge on any atom is -0.492 e. The molecule has 2 atom stereocenters. The van der Waals surface area contributed by atoms with Crippen LogP contribution in [0.3, 0.4) is 0 Å². The second kappa shape index (κ2) is 7.11. The van der Waals surface area contributed by atoms with Gasteiger partial charge in [-0.25, -0.2) is 0 Å². The molecule has 1 saturated heterocycles. The Hall–Kier alpha value is -2.34. The maximum Gasteiger partial charge on any atom is 0.289 e. The van der Waals surface area contributed by atoms with Gasteiger partial charge >= 0.3 is 0 Å². The average Bonchev–Trinajstić information content (AvgIpc) is 3.27. The second-order valence-electron chi connectivity index (χ2n) is 7.14. The summed E-state index contributed by atoms with van der Waals surface area (Å²) in [5.74, 6) is 2.13. The quantitative estimate of drug-likeness (QED) is 0.842. The van der Waals surface area contributed by atoms with Crippen molar-refractivity contribution in [1.29, 1.82) is 0 Å². The van der Waals surface area contributed by atoms with Crippen LogP contribution >= 0.6 is 0 Å². The van der Waals surface area contributed by atoms with Gasteiger partial charge in [-0.2, -0.15) is 0 Å². The van der Waals surface area contributed by atoms with Gasteiger partial charge in [-0.05, 0) is 50.5 Å². The molecule has 1 aliphatic heterocycles. The third kappa shape index (κ3) is 3.33. The van der Waals surface area contributed by atoms with Crippen molar-refractivity contribution in [3.8, 4) is 5.75 Å². The van der Waals surface area contributed by atoms with Crippen molar-refractivity contribution in [2.45, 2.75) is 31.8 Å². The van der Waals surface area contributed by atoms with Gasteiger partial charge in [-0.3, -0.25) is 9.78 Å². The first-order valence-corrected chi connectivity index (χ1v) is 9.19. The summed E-state index contributed by atoms with van der Waals surface area (Å²) in [7, 11) is 0. The van der Waals surface area contributed by atoms with Crippen molar-refractivity contribution in [2.75, 3.05) is 26.3 Å². The predicted molar refractivity (Wildman–Crippen MR) is 95.1 cm³/mol. The van der Waals surface area contributed by atoms with Crippen LogP contribution in [0.5, 0.6) is 5.75 Å². The molecule has 26 heavy (non-hydrogen) atoms. The molecule has 1 aliphatic carbocycles. The molecular formula is C20H24N2O4. The summed E-state index contributed by atoms with van der Waals surface area (Å²) in [5.41, 5.74) is -0.322. The Morgan fingerprint density at radius 1 is 1.42 bits per heavy atom. The fourth-order valence-electron chi connectivity index (χ4n) is 4.06. The van der Waals surface area contributed by atoms with Crippen LogP contribution in [0.4, 0.5) is 0 Å². The highest BCUT2D eigenvalue weighted by molar-refractivity contribution is 5.91. The Balaban J connectivity index is 1.45. The van der Waals surface area contributed by atoms with E-state index in [0.29, 0.717) is 32.1 Å². The zero-order valence-corrected chi connectivity index (χ0v) is 15.0. The van der Waals surface area contributed by atoms with Crippen LogP contribution < -0.4 is 4.74 Å². The number of pyridine rings is 1. The van der Waals surface area contributed by atoms with Gasteiger partial charge in [0, 0.05) is 18.7 Å². The molecule has 0 N–H and O–H groups in total. The zero-order valence-electron chi connectivity index (χ0n) is 15.0. The van der Waals surface area contributed by atoms with Crippen molar-refractivity contribution in [2.24, 2.45) is 5.92 Å². The number of carbonyl (C=O) groups is 1. The molecule has 6 heteroatoms. The molecule has 1 spiro atoms. The summed E-state index contributed by atoms with van der Waals surface area (Å²) >= 11 is 0. The molecule has 0 unspecified atom stereocenters. The Bertz CT molecular complexity index is 760. The first-order chi connectivity index (χ1) is 12.7. The van der Waals surface area contributed by atoms with Crippen LogP contribution in [-0.2, 0) is 4.74 Å². The first kappa shape index (κ1) is 17.1. The fraction of sp³-hybridized carbons (Fsp3) is 0.500. The average molecular weight is 356 g/mol. The standard InChI is InChI=1S/C20H24N2O4/c1-15-6-7-18(26-15)19(23)22-10-11-25-20(14-22)8-2-4-16(20)13-24-17-5-3-9-21-12-17/h3,5-7,9,12,16H,2,4,8,10-11,13-14H2,1H3/t16-,20+/m0/s1. The zero-order chi connectivity index (χ0) is 18.0. The third-order valence-corrected chi connectivity index (χ3v) is 5.43. The Kier molecular flexibility index (Phi) is 4.68. The molecule has 1 saturated carbocycles. The second-order valence-corrected chi connectivity index (χ2v) is 7.14. The monoisotopic (exact) mass is 356 g/mol. The van der Waals surface area contributed by atoms with Gasteiger partial charge in [0.1, 0.15) is 11.5 Å². The van der Waals surface area contributed by atoms with Crippen LogP contribution in [0.1, 0.15) is 35.6 Å². The van der Waals surface area contributed by atoms with E-state index in [-0.39, 0.29) is 17.4 Å². The van der Waals surface area contributed by atoms with Crippen LogP contribution in [0, 0.1) is 12.8 Å². The summed E-state index contributed by atoms with van der Waals surface area (Å²) in [6, 6.07) is 7.34. The fourth-order valence-corrected chi connectivity index (χ4v) is 4.06. The number of hydrogen-bond donors (Lipinski definition) is 0. The van der Waals surface area contributed by atoms with Crippen molar-refractivity contribution in [3.63, 3.8) is 0 Å². The molecule has 1 amide bonds. The van der Waals surface area contributed by atoms with E-state index in [1.165, 1.54) is 0 Å². The molecule has 6 nitrogen and oxygen atoms in total. The number of carbonyl (C=O) groups excluding carboxylic acids is 1. The molecule has 0 aromatic carbocycles. The predicted octanol–water partition coefficient (Wildman–Crippen LogP) is 3.07. The smallest absolute Gasteiger partial charge is 0.289 e. The summed E-state index contributed by atoms with van der Waals surface area (Å²) in [6.07, 6.45) is 6.53. The summed E-state index contributed by atoms with van der Waals surface area (Å²) in [6.45, 7) is 4.16. The minimum absolute atomic E-state index is 0.0559. The van der Waals surface area contributed by atoms with Crippen LogP contribution in [0.15, 0.2) is 41.1 Å². The molecular weight excluding hydrogens is 332 g/mol. The van der Waals surface area contributed by atoms with E-state index in [2.05, 4.69) is 4.98 Å². The van der Waals surface area contributed by atoms with Gasteiger partial charge < -0.3 is 18.8 Å². The summed E-state index contributed by atoms with van der Waals surface area (Å²) < 4.78 is 17.7. The highest BCUT2D eigenvalue weighted by atomic mass is 16.5. The number of hydrogen-bond acceptors (Lipinski definition) is 5. The molecule has 138 valence electrons. The normalized spacial score (nSPS) is 25.6. The summed E-state index contributed by atoms with van der Waals surface area (Å²) in [4.78, 5) is 18.7. The molecule has 3 heterocycles. The number of nitrogens with zero attached hydrogens (tertiary/aromatic N) is 2. The highest BCUT2D eigenvalue weighted by Crippen LogP contribution is 2.41. The lowest BCUT2D eigenvalue weighted by atomic mass is 9.89. The number of aryl methyl sites for hydroxylation is 1. The van der Waals surface area contributed by atoms with Crippen molar-refractivity contribution in [3.05, 3.63) is 48.2 Å². The van der Waals surface area contributed by atoms with Gasteiger partial charge in [0.2, 0.25) is 0 Å². The SMILES string of the molecule is Cc1ccc(C(=O)N2CCO[C@]3(CCC[C@H]3COc3cccnc3)C2)o1. The van der Waals surface area contributed by atoms with E-state index in [1.54, 1.807) is 18.5 Å².